The molecule has 1 rings (SSSR count). The summed E-state index contributed by atoms with van der Waals surface area (Å²) in [5.74, 6) is 1.40. The maximum Gasteiger partial charge on any atom is 0.0279 e. The van der Waals surface area contributed by atoms with Gasteiger partial charge in [-0.05, 0) is 39.7 Å². The van der Waals surface area contributed by atoms with Gasteiger partial charge in [0.15, 0.2) is 0 Å². The van der Waals surface area contributed by atoms with E-state index in [9.17, 15) is 0 Å². The lowest BCUT2D eigenvalue weighted by atomic mass is 9.77. The fraction of sp³-hybridized carbons (Fsp3) is 0.846. The Morgan fingerprint density at radius 3 is 2.07 bits per heavy atom. The summed E-state index contributed by atoms with van der Waals surface area (Å²) >= 11 is 0. The molecule has 0 spiro atoms. The van der Waals surface area contributed by atoms with Crippen LogP contribution in [0.3, 0.4) is 0 Å². The summed E-state index contributed by atoms with van der Waals surface area (Å²) in [5, 5.41) is 0. The van der Waals surface area contributed by atoms with Crippen molar-refractivity contribution in [1.29, 1.82) is 0 Å². The minimum Gasteiger partial charge on any atom is -0.297 e. The smallest absolute Gasteiger partial charge is 0.0279 e. The molecule has 1 heteroatoms. The van der Waals surface area contributed by atoms with Crippen molar-refractivity contribution in [3.63, 3.8) is 0 Å². The van der Waals surface area contributed by atoms with Gasteiger partial charge >= 0.3 is 0 Å². The maximum atomic E-state index is 2.49. The lowest BCUT2D eigenvalue weighted by molar-refractivity contribution is 0.156. The van der Waals surface area contributed by atoms with Crippen LogP contribution in [0.25, 0.3) is 0 Å². The molecule has 0 saturated carbocycles. The number of likely N-dealkylation sites (N-methyl/N-ethyl adjacent to an activating group) is 1. The fourth-order valence-electron chi connectivity index (χ4n) is 2.85. The fourth-order valence-corrected chi connectivity index (χ4v) is 2.85. The summed E-state index contributed by atoms with van der Waals surface area (Å²) < 4.78 is 0. The van der Waals surface area contributed by atoms with Crippen LogP contribution in [0.15, 0.2) is 11.1 Å². The first-order valence-corrected chi connectivity index (χ1v) is 5.80. The van der Waals surface area contributed by atoms with Crippen LogP contribution in [-0.4, -0.2) is 24.0 Å². The zero-order valence-corrected chi connectivity index (χ0v) is 10.8. The van der Waals surface area contributed by atoms with Gasteiger partial charge in [0.1, 0.15) is 0 Å². The van der Waals surface area contributed by atoms with E-state index in [1.54, 1.807) is 11.1 Å². The molecule has 0 bridgehead atoms. The average Bonchev–Trinajstić information content (AvgIpc) is 2.11. The van der Waals surface area contributed by atoms with Crippen LogP contribution >= 0.6 is 0 Å². The van der Waals surface area contributed by atoms with Gasteiger partial charge in [0.2, 0.25) is 0 Å². The molecule has 0 aromatic rings. The highest BCUT2D eigenvalue weighted by Crippen LogP contribution is 2.35. The molecule has 0 saturated heterocycles. The van der Waals surface area contributed by atoms with Gasteiger partial charge < -0.3 is 0 Å². The van der Waals surface area contributed by atoms with Crippen molar-refractivity contribution in [1.82, 2.24) is 4.90 Å². The SMILES string of the molecule is CC1=C(C(C)C)C(C)C(C)N(C)C1C. The van der Waals surface area contributed by atoms with E-state index in [-0.39, 0.29) is 0 Å². The molecule has 14 heavy (non-hydrogen) atoms. The average molecular weight is 195 g/mol. The second-order valence-corrected chi connectivity index (χ2v) is 5.16. The van der Waals surface area contributed by atoms with Crippen molar-refractivity contribution in [2.45, 2.75) is 53.6 Å². The molecule has 1 aliphatic heterocycles. The highest BCUT2D eigenvalue weighted by molar-refractivity contribution is 5.26. The second-order valence-electron chi connectivity index (χ2n) is 5.16. The van der Waals surface area contributed by atoms with Crippen molar-refractivity contribution in [2.75, 3.05) is 7.05 Å². The summed E-state index contributed by atoms with van der Waals surface area (Å²) in [4.78, 5) is 2.49. The molecule has 3 atom stereocenters. The Hall–Kier alpha value is -0.300. The molecule has 82 valence electrons. The highest BCUT2D eigenvalue weighted by Gasteiger charge is 2.32. The summed E-state index contributed by atoms with van der Waals surface area (Å²) in [7, 11) is 2.24. The van der Waals surface area contributed by atoms with Gasteiger partial charge in [-0.2, -0.15) is 0 Å². The molecule has 0 aromatic carbocycles. The topological polar surface area (TPSA) is 3.24 Å². The lowest BCUT2D eigenvalue weighted by Gasteiger charge is -2.43. The van der Waals surface area contributed by atoms with E-state index in [1.807, 2.05) is 0 Å². The Bertz CT molecular complexity index is 240. The van der Waals surface area contributed by atoms with Gasteiger partial charge in [-0.3, -0.25) is 4.90 Å². The number of hydrogen-bond donors (Lipinski definition) is 0. The van der Waals surface area contributed by atoms with Crippen LogP contribution in [0, 0.1) is 11.8 Å². The Morgan fingerprint density at radius 2 is 1.64 bits per heavy atom. The summed E-state index contributed by atoms with van der Waals surface area (Å²) in [6.07, 6.45) is 0. The molecule has 1 nitrogen and oxygen atoms in total. The van der Waals surface area contributed by atoms with Crippen LogP contribution in [0.5, 0.6) is 0 Å². The van der Waals surface area contributed by atoms with Crippen molar-refractivity contribution in [3.8, 4) is 0 Å². The maximum absolute atomic E-state index is 2.49. The summed E-state index contributed by atoms with van der Waals surface area (Å²) in [6, 6.07) is 1.28. The normalized spacial score (nSPS) is 35.6. The molecule has 1 aliphatic rings. The van der Waals surface area contributed by atoms with E-state index < -0.39 is 0 Å². The van der Waals surface area contributed by atoms with Crippen LogP contribution in [0.1, 0.15) is 41.5 Å². The third kappa shape index (κ3) is 1.75. The van der Waals surface area contributed by atoms with Gasteiger partial charge in [0.05, 0.1) is 0 Å². The minimum absolute atomic E-state index is 0.610. The first-order valence-electron chi connectivity index (χ1n) is 5.80. The van der Waals surface area contributed by atoms with E-state index in [2.05, 4.69) is 53.5 Å². The molecular weight excluding hydrogens is 170 g/mol. The van der Waals surface area contributed by atoms with Crippen LogP contribution in [-0.2, 0) is 0 Å². The Morgan fingerprint density at radius 1 is 1.14 bits per heavy atom. The zero-order chi connectivity index (χ0) is 11.0. The lowest BCUT2D eigenvalue weighted by Crippen LogP contribution is -2.46. The standard InChI is InChI=1S/C13H25N/c1-8(2)13-9(3)11(5)14(7)12(6)10(13)4/h8-9,11-12H,1-7H3. The predicted molar refractivity (Wildman–Crippen MR) is 63.4 cm³/mol. The third-order valence-electron chi connectivity index (χ3n) is 4.17. The number of rotatable bonds is 1. The first kappa shape index (κ1) is 11.8. The van der Waals surface area contributed by atoms with Crippen LogP contribution in [0.4, 0.5) is 0 Å². The van der Waals surface area contributed by atoms with Crippen molar-refractivity contribution in [3.05, 3.63) is 11.1 Å². The van der Waals surface area contributed by atoms with Gasteiger partial charge in [0.25, 0.3) is 0 Å². The summed E-state index contributed by atoms with van der Waals surface area (Å²) in [6.45, 7) is 14.0. The van der Waals surface area contributed by atoms with Crippen molar-refractivity contribution >= 4 is 0 Å². The largest absolute Gasteiger partial charge is 0.297 e. The minimum atomic E-state index is 0.610. The van der Waals surface area contributed by atoms with Gasteiger partial charge in [-0.1, -0.05) is 31.9 Å². The monoisotopic (exact) mass is 195 g/mol. The molecule has 0 amide bonds. The zero-order valence-electron chi connectivity index (χ0n) is 10.8. The third-order valence-corrected chi connectivity index (χ3v) is 4.17. The Kier molecular flexibility index (Phi) is 3.41. The molecule has 0 aromatic heterocycles. The van der Waals surface area contributed by atoms with Gasteiger partial charge in [0, 0.05) is 12.1 Å². The molecule has 3 unspecified atom stereocenters. The molecular formula is C13H25N. The molecule has 1 heterocycles. The van der Waals surface area contributed by atoms with Crippen molar-refractivity contribution < 1.29 is 0 Å². The van der Waals surface area contributed by atoms with E-state index in [0.717, 1.165) is 0 Å². The van der Waals surface area contributed by atoms with E-state index in [4.69, 9.17) is 0 Å². The first-order chi connectivity index (χ1) is 6.37. The predicted octanol–water partition coefficient (Wildman–Crippen LogP) is 3.32. The highest BCUT2D eigenvalue weighted by atomic mass is 15.2. The van der Waals surface area contributed by atoms with Crippen LogP contribution < -0.4 is 0 Å². The Labute approximate surface area is 89.2 Å². The van der Waals surface area contributed by atoms with E-state index in [0.29, 0.717) is 23.9 Å². The van der Waals surface area contributed by atoms with Crippen LogP contribution in [0.2, 0.25) is 0 Å². The molecule has 0 aliphatic carbocycles. The van der Waals surface area contributed by atoms with Crippen molar-refractivity contribution in [2.24, 2.45) is 11.8 Å². The quantitative estimate of drug-likeness (QED) is 0.580. The molecule has 0 radical (unpaired) electrons. The van der Waals surface area contributed by atoms with E-state index in [1.165, 1.54) is 0 Å². The molecule has 0 N–H and O–H groups in total. The molecule has 0 fully saturated rings. The number of hydrogen-bond acceptors (Lipinski definition) is 1. The number of nitrogens with zero attached hydrogens (tertiary/aromatic N) is 1. The summed E-state index contributed by atoms with van der Waals surface area (Å²) in [5.41, 5.74) is 3.27. The van der Waals surface area contributed by atoms with E-state index >= 15 is 0 Å². The Balaban J connectivity index is 3.10. The second kappa shape index (κ2) is 4.06. The van der Waals surface area contributed by atoms with Gasteiger partial charge in [-0.15, -0.1) is 0 Å². The van der Waals surface area contributed by atoms with Gasteiger partial charge in [-0.25, -0.2) is 0 Å².